The van der Waals surface area contributed by atoms with Crippen LogP contribution in [0.4, 0.5) is 26.3 Å². The number of H-pyrrole nitrogens is 1. The third-order valence-corrected chi connectivity index (χ3v) is 3.94. The zero-order valence-electron chi connectivity index (χ0n) is 10.5. The first-order valence-corrected chi connectivity index (χ1v) is 6.76. The average Bonchev–Trinajstić information content (AvgIpc) is 2.75. The minimum absolute atomic E-state index is 0.0859. The lowest BCUT2D eigenvalue weighted by Crippen LogP contribution is -2.05. The molecule has 0 aliphatic rings. The lowest BCUT2D eigenvalue weighted by atomic mass is 10.1. The largest absolute Gasteiger partial charge is 0.416 e. The van der Waals surface area contributed by atoms with E-state index in [0.29, 0.717) is 11.0 Å². The van der Waals surface area contributed by atoms with E-state index in [4.69, 9.17) is 0 Å². The summed E-state index contributed by atoms with van der Waals surface area (Å²) in [5.41, 5.74) is -1.18. The van der Waals surface area contributed by atoms with Gasteiger partial charge in [0, 0.05) is 20.8 Å². The minimum atomic E-state index is -4.58. The van der Waals surface area contributed by atoms with Crippen molar-refractivity contribution < 1.29 is 26.3 Å². The van der Waals surface area contributed by atoms with E-state index in [1.807, 2.05) is 0 Å². The van der Waals surface area contributed by atoms with Gasteiger partial charge in [-0.2, -0.15) is 26.3 Å². The van der Waals surface area contributed by atoms with Crippen LogP contribution < -0.4 is 0 Å². The summed E-state index contributed by atoms with van der Waals surface area (Å²) in [6, 6.07) is 4.68. The van der Waals surface area contributed by atoms with Crippen LogP contribution in [0.3, 0.4) is 0 Å². The number of hydrogen-bond acceptors (Lipinski definition) is 0. The molecule has 0 spiro atoms. The van der Waals surface area contributed by atoms with Crippen molar-refractivity contribution >= 4 is 37.7 Å². The molecule has 8 heteroatoms. The Hall–Kier alpha value is -1.70. The van der Waals surface area contributed by atoms with E-state index >= 15 is 0 Å². The van der Waals surface area contributed by atoms with Crippen molar-refractivity contribution in [3.8, 4) is 0 Å². The van der Waals surface area contributed by atoms with E-state index < -0.39 is 23.5 Å². The van der Waals surface area contributed by atoms with Crippen molar-refractivity contribution in [2.45, 2.75) is 12.4 Å². The molecule has 0 saturated heterocycles. The third kappa shape index (κ3) is 2.45. The molecule has 116 valence electrons. The van der Waals surface area contributed by atoms with Gasteiger partial charge in [-0.05, 0) is 46.3 Å². The molecule has 0 radical (unpaired) electrons. The van der Waals surface area contributed by atoms with Crippen molar-refractivity contribution in [3.05, 3.63) is 45.9 Å². The zero-order chi connectivity index (χ0) is 16.3. The quantitative estimate of drug-likeness (QED) is 0.451. The zero-order valence-corrected chi connectivity index (χ0v) is 12.1. The number of hydrogen-bond donors (Lipinski definition) is 1. The molecule has 0 bridgehead atoms. The van der Waals surface area contributed by atoms with Gasteiger partial charge in [-0.3, -0.25) is 0 Å². The van der Waals surface area contributed by atoms with E-state index in [-0.39, 0.29) is 15.2 Å². The first kappa shape index (κ1) is 15.2. The molecule has 3 rings (SSSR count). The number of rotatable bonds is 0. The Morgan fingerprint density at radius 1 is 0.773 bits per heavy atom. The summed E-state index contributed by atoms with van der Waals surface area (Å²) in [7, 11) is 0. The summed E-state index contributed by atoms with van der Waals surface area (Å²) >= 11 is 3.02. The predicted molar refractivity (Wildman–Crippen MR) is 73.5 cm³/mol. The van der Waals surface area contributed by atoms with Crippen LogP contribution in [0, 0.1) is 0 Å². The minimum Gasteiger partial charge on any atom is -0.354 e. The lowest BCUT2D eigenvalue weighted by Gasteiger charge is -2.08. The molecule has 0 unspecified atom stereocenters. The van der Waals surface area contributed by atoms with Gasteiger partial charge in [-0.25, -0.2) is 0 Å². The normalized spacial score (nSPS) is 13.2. The maximum Gasteiger partial charge on any atom is 0.416 e. The van der Waals surface area contributed by atoms with Gasteiger partial charge in [0.1, 0.15) is 0 Å². The summed E-state index contributed by atoms with van der Waals surface area (Å²) in [4.78, 5) is 2.82. The van der Waals surface area contributed by atoms with Crippen LogP contribution in [0.2, 0.25) is 0 Å². The number of alkyl halides is 6. The van der Waals surface area contributed by atoms with Gasteiger partial charge in [0.2, 0.25) is 0 Å². The summed E-state index contributed by atoms with van der Waals surface area (Å²) in [5.74, 6) is 0. The first-order chi connectivity index (χ1) is 10.1. The molecule has 0 aliphatic carbocycles. The second kappa shape index (κ2) is 4.65. The van der Waals surface area contributed by atoms with Gasteiger partial charge in [0.05, 0.1) is 16.6 Å². The molecule has 1 N–H and O–H groups in total. The number of nitrogens with one attached hydrogen (secondary N) is 1. The highest BCUT2D eigenvalue weighted by Crippen LogP contribution is 2.39. The van der Waals surface area contributed by atoms with Gasteiger partial charge >= 0.3 is 12.4 Å². The van der Waals surface area contributed by atoms with E-state index in [0.717, 1.165) is 24.3 Å². The van der Waals surface area contributed by atoms with E-state index in [1.165, 1.54) is 6.07 Å². The summed E-state index contributed by atoms with van der Waals surface area (Å²) in [5, 5.41) is 0.180. The Labute approximate surface area is 128 Å². The highest BCUT2D eigenvalue weighted by Gasteiger charge is 2.33. The fourth-order valence-corrected chi connectivity index (χ4v) is 2.86. The highest BCUT2D eigenvalue weighted by molar-refractivity contribution is 9.10. The van der Waals surface area contributed by atoms with Crippen molar-refractivity contribution in [2.75, 3.05) is 0 Å². The van der Waals surface area contributed by atoms with Crippen LogP contribution in [-0.2, 0) is 12.4 Å². The van der Waals surface area contributed by atoms with Gasteiger partial charge in [0.15, 0.2) is 0 Å². The van der Waals surface area contributed by atoms with Crippen LogP contribution in [0.5, 0.6) is 0 Å². The monoisotopic (exact) mass is 381 g/mol. The topological polar surface area (TPSA) is 15.8 Å². The fraction of sp³-hybridized carbons (Fsp3) is 0.143. The van der Waals surface area contributed by atoms with Crippen molar-refractivity contribution in [1.82, 2.24) is 4.98 Å². The molecule has 1 aromatic heterocycles. The Morgan fingerprint density at radius 3 is 1.95 bits per heavy atom. The third-order valence-electron chi connectivity index (χ3n) is 3.31. The Balaban J connectivity index is 2.37. The molecule has 0 aliphatic heterocycles. The van der Waals surface area contributed by atoms with Crippen LogP contribution in [0.1, 0.15) is 11.1 Å². The smallest absolute Gasteiger partial charge is 0.354 e. The van der Waals surface area contributed by atoms with Crippen LogP contribution in [-0.4, -0.2) is 4.98 Å². The number of fused-ring (bicyclic) bond motifs is 3. The molecule has 0 amide bonds. The Kier molecular flexibility index (Phi) is 3.21. The average molecular weight is 382 g/mol. The van der Waals surface area contributed by atoms with Crippen molar-refractivity contribution in [2.24, 2.45) is 0 Å². The van der Waals surface area contributed by atoms with Crippen LogP contribution in [0.25, 0.3) is 21.8 Å². The molecule has 1 heterocycles. The van der Waals surface area contributed by atoms with Crippen molar-refractivity contribution in [3.63, 3.8) is 0 Å². The molecular formula is C14H6BrF6N. The Bertz CT molecular complexity index is 875. The lowest BCUT2D eigenvalue weighted by molar-refractivity contribution is -0.138. The number of halogens is 7. The van der Waals surface area contributed by atoms with Gasteiger partial charge in [-0.1, -0.05) is 0 Å². The molecule has 3 aromatic rings. The molecule has 22 heavy (non-hydrogen) atoms. The van der Waals surface area contributed by atoms with Crippen LogP contribution in [0.15, 0.2) is 34.8 Å². The van der Waals surface area contributed by atoms with E-state index in [2.05, 4.69) is 20.9 Å². The maximum atomic E-state index is 12.9. The van der Waals surface area contributed by atoms with E-state index in [1.54, 1.807) is 0 Å². The van der Waals surface area contributed by atoms with Gasteiger partial charge in [-0.15, -0.1) is 0 Å². The molecule has 1 nitrogen and oxygen atoms in total. The fourth-order valence-electron chi connectivity index (χ4n) is 2.30. The van der Waals surface area contributed by atoms with Crippen LogP contribution >= 0.6 is 15.9 Å². The maximum absolute atomic E-state index is 12.9. The number of benzene rings is 2. The second-order valence-electron chi connectivity index (χ2n) is 4.76. The first-order valence-electron chi connectivity index (χ1n) is 5.97. The van der Waals surface area contributed by atoms with E-state index in [9.17, 15) is 26.3 Å². The molecular weight excluding hydrogens is 376 g/mol. The molecule has 0 atom stereocenters. The SMILES string of the molecule is FC(F)(F)c1ccc2[nH]c3c(Br)cc(C(F)(F)F)cc3c2c1. The highest BCUT2D eigenvalue weighted by atomic mass is 79.9. The van der Waals surface area contributed by atoms with Gasteiger partial charge < -0.3 is 4.98 Å². The van der Waals surface area contributed by atoms with Crippen molar-refractivity contribution in [1.29, 1.82) is 0 Å². The summed E-state index contributed by atoms with van der Waals surface area (Å²) in [6.45, 7) is 0. The standard InChI is InChI=1S/C14H6BrF6N/c15-10-5-7(14(19,20)21)4-9-8-3-6(13(16,17)18)1-2-11(8)22-12(9)10/h1-5,22H. The second-order valence-corrected chi connectivity index (χ2v) is 5.62. The predicted octanol–water partition coefficient (Wildman–Crippen LogP) is 6.12. The summed E-state index contributed by atoms with van der Waals surface area (Å²) < 4.78 is 77.0. The number of aromatic amines is 1. The molecule has 0 fully saturated rings. The number of aromatic nitrogens is 1. The summed E-state index contributed by atoms with van der Waals surface area (Å²) in [6.07, 6.45) is -9.14. The van der Waals surface area contributed by atoms with Gasteiger partial charge in [0.25, 0.3) is 0 Å². The molecule has 0 saturated carbocycles. The Morgan fingerprint density at radius 2 is 1.36 bits per heavy atom. The molecule has 2 aromatic carbocycles.